The van der Waals surface area contributed by atoms with E-state index in [2.05, 4.69) is 31.8 Å². The molecule has 2 aliphatic rings. The Bertz CT molecular complexity index is 634. The Kier molecular flexibility index (Phi) is 7.12. The molecule has 0 radical (unpaired) electrons. The van der Waals surface area contributed by atoms with Gasteiger partial charge in [-0.25, -0.2) is 0 Å². The quantitative estimate of drug-likeness (QED) is 0.451. The van der Waals surface area contributed by atoms with E-state index in [-0.39, 0.29) is 5.92 Å². The number of hydrogen-bond donors (Lipinski definition) is 2. The molecule has 0 bridgehead atoms. The highest BCUT2D eigenvalue weighted by molar-refractivity contribution is 5.81. The van der Waals surface area contributed by atoms with Crippen LogP contribution in [-0.2, 0) is 18.3 Å². The van der Waals surface area contributed by atoms with Crippen LogP contribution >= 0.6 is 0 Å². The second-order valence-electron chi connectivity index (χ2n) is 7.87. The van der Waals surface area contributed by atoms with Crippen LogP contribution in [0.15, 0.2) is 17.4 Å². The van der Waals surface area contributed by atoms with Crippen LogP contribution in [0.5, 0.6) is 0 Å². The third kappa shape index (κ3) is 5.71. The molecule has 2 heterocycles. The molecule has 1 aliphatic carbocycles. The van der Waals surface area contributed by atoms with E-state index in [0.717, 1.165) is 57.7 Å². The summed E-state index contributed by atoms with van der Waals surface area (Å²) in [6.07, 6.45) is 12.9. The zero-order valence-corrected chi connectivity index (χ0v) is 16.8. The van der Waals surface area contributed by atoms with Crippen molar-refractivity contribution in [1.29, 1.82) is 0 Å². The number of aromatic nitrogens is 2. The summed E-state index contributed by atoms with van der Waals surface area (Å²) in [6, 6.07) is 0.294. The highest BCUT2D eigenvalue weighted by atomic mass is 16.2. The monoisotopic (exact) mass is 374 g/mol. The van der Waals surface area contributed by atoms with Crippen molar-refractivity contribution in [3.63, 3.8) is 0 Å². The molecule has 1 aromatic heterocycles. The predicted octanol–water partition coefficient (Wildman–Crippen LogP) is 1.70. The molecule has 0 spiro atoms. The average Bonchev–Trinajstić information content (AvgIpc) is 3.33. The van der Waals surface area contributed by atoms with E-state index >= 15 is 0 Å². The largest absolute Gasteiger partial charge is 0.356 e. The second-order valence-corrected chi connectivity index (χ2v) is 7.87. The summed E-state index contributed by atoms with van der Waals surface area (Å²) in [5.74, 6) is 1.47. The number of carbonyl (C=O) groups is 1. The van der Waals surface area contributed by atoms with Crippen LogP contribution in [0.3, 0.4) is 0 Å². The van der Waals surface area contributed by atoms with Gasteiger partial charge in [0.2, 0.25) is 5.91 Å². The maximum Gasteiger partial charge on any atom is 0.225 e. The molecule has 150 valence electrons. The van der Waals surface area contributed by atoms with Gasteiger partial charge in [-0.2, -0.15) is 5.10 Å². The van der Waals surface area contributed by atoms with E-state index in [4.69, 9.17) is 0 Å². The number of aryl methyl sites for hydroxylation is 2. The fourth-order valence-corrected chi connectivity index (χ4v) is 4.17. The van der Waals surface area contributed by atoms with Gasteiger partial charge in [0, 0.05) is 51.9 Å². The fourth-order valence-electron chi connectivity index (χ4n) is 4.17. The summed E-state index contributed by atoms with van der Waals surface area (Å²) in [7, 11) is 3.74. The molecule has 7 heteroatoms. The molecule has 1 amide bonds. The van der Waals surface area contributed by atoms with Gasteiger partial charge in [-0.3, -0.25) is 14.5 Å². The highest BCUT2D eigenvalue weighted by Gasteiger charge is 2.31. The minimum atomic E-state index is 0.266. The van der Waals surface area contributed by atoms with E-state index in [0.29, 0.717) is 11.9 Å². The lowest BCUT2D eigenvalue weighted by Gasteiger charge is -2.26. The molecule has 2 fully saturated rings. The van der Waals surface area contributed by atoms with E-state index in [9.17, 15) is 4.79 Å². The van der Waals surface area contributed by atoms with Crippen LogP contribution in [0.25, 0.3) is 0 Å². The normalized spacial score (nSPS) is 21.5. The van der Waals surface area contributed by atoms with Gasteiger partial charge < -0.3 is 15.5 Å². The smallest absolute Gasteiger partial charge is 0.225 e. The molecule has 3 rings (SSSR count). The van der Waals surface area contributed by atoms with Crippen LogP contribution in [0.2, 0.25) is 0 Å². The minimum absolute atomic E-state index is 0.266. The van der Waals surface area contributed by atoms with Crippen molar-refractivity contribution in [3.8, 4) is 0 Å². The molecule has 7 nitrogen and oxygen atoms in total. The lowest BCUT2D eigenvalue weighted by molar-refractivity contribution is -0.135. The maximum atomic E-state index is 12.7. The Morgan fingerprint density at radius 3 is 2.81 bits per heavy atom. The van der Waals surface area contributed by atoms with Gasteiger partial charge in [0.25, 0.3) is 0 Å². The topological polar surface area (TPSA) is 74.6 Å². The first-order chi connectivity index (χ1) is 13.2. The molecule has 1 unspecified atom stereocenters. The predicted molar refractivity (Wildman–Crippen MR) is 108 cm³/mol. The molecule has 1 saturated heterocycles. The zero-order valence-electron chi connectivity index (χ0n) is 16.8. The third-order valence-electron chi connectivity index (χ3n) is 5.71. The lowest BCUT2D eigenvalue weighted by Crippen LogP contribution is -2.45. The number of guanidine groups is 1. The number of aliphatic imine (C=N–C) groups is 1. The number of carbonyl (C=O) groups excluding carboxylic acids is 1. The summed E-state index contributed by atoms with van der Waals surface area (Å²) in [5.41, 5.74) is 1.26. The zero-order chi connectivity index (χ0) is 19.1. The summed E-state index contributed by atoms with van der Waals surface area (Å²) in [4.78, 5) is 19.1. The van der Waals surface area contributed by atoms with Crippen molar-refractivity contribution < 1.29 is 4.79 Å². The van der Waals surface area contributed by atoms with Crippen molar-refractivity contribution in [2.45, 2.75) is 57.4 Å². The summed E-state index contributed by atoms with van der Waals surface area (Å²) in [6.45, 7) is 2.53. The van der Waals surface area contributed by atoms with Crippen molar-refractivity contribution in [3.05, 3.63) is 18.0 Å². The third-order valence-corrected chi connectivity index (χ3v) is 5.71. The first kappa shape index (κ1) is 19.7. The van der Waals surface area contributed by atoms with Crippen molar-refractivity contribution >= 4 is 11.9 Å². The molecular formula is C20H34N6O. The number of nitrogens with zero attached hydrogens (tertiary/aromatic N) is 4. The Balaban J connectivity index is 1.36. The number of nitrogens with one attached hydrogen (secondary N) is 2. The van der Waals surface area contributed by atoms with Crippen LogP contribution in [0.4, 0.5) is 0 Å². The van der Waals surface area contributed by atoms with Crippen LogP contribution in [0, 0.1) is 5.92 Å². The highest BCUT2D eigenvalue weighted by Crippen LogP contribution is 2.26. The number of hydrogen-bond acceptors (Lipinski definition) is 3. The summed E-state index contributed by atoms with van der Waals surface area (Å²) >= 11 is 0. The molecule has 27 heavy (non-hydrogen) atoms. The number of amides is 1. The van der Waals surface area contributed by atoms with Gasteiger partial charge in [0.05, 0.1) is 6.20 Å². The van der Waals surface area contributed by atoms with Crippen molar-refractivity contribution in [2.24, 2.45) is 18.0 Å². The van der Waals surface area contributed by atoms with Gasteiger partial charge in [-0.1, -0.05) is 19.3 Å². The standard InChI is InChI=1S/C20H34N6O/c1-21-20(22-11-6-7-16-13-23-25(2)14-16)24-18-10-12-26(15-18)19(27)17-8-4-3-5-9-17/h13-14,17-18H,3-12,15H2,1-2H3,(H2,21,22,24). The molecule has 1 aromatic rings. The maximum absolute atomic E-state index is 12.7. The molecule has 2 N–H and O–H groups in total. The van der Waals surface area contributed by atoms with Gasteiger partial charge in [-0.05, 0) is 37.7 Å². The van der Waals surface area contributed by atoms with E-state index in [1.54, 1.807) is 7.05 Å². The van der Waals surface area contributed by atoms with E-state index < -0.39 is 0 Å². The summed E-state index contributed by atoms with van der Waals surface area (Å²) in [5, 5.41) is 11.1. The molecule has 1 atom stereocenters. The van der Waals surface area contributed by atoms with Crippen molar-refractivity contribution in [1.82, 2.24) is 25.3 Å². The minimum Gasteiger partial charge on any atom is -0.356 e. The number of likely N-dealkylation sites (tertiary alicyclic amines) is 1. The first-order valence-electron chi connectivity index (χ1n) is 10.4. The molecule has 0 aromatic carbocycles. The Hall–Kier alpha value is -2.05. The SMILES string of the molecule is CN=C(NCCCc1cnn(C)c1)NC1CCN(C(=O)C2CCCCC2)C1. The Labute approximate surface area is 162 Å². The van der Waals surface area contributed by atoms with E-state index in [1.165, 1.54) is 24.8 Å². The fraction of sp³-hybridized carbons (Fsp3) is 0.750. The van der Waals surface area contributed by atoms with Gasteiger partial charge in [-0.15, -0.1) is 0 Å². The second kappa shape index (κ2) is 9.76. The van der Waals surface area contributed by atoms with Crippen LogP contribution in [-0.4, -0.2) is 59.3 Å². The van der Waals surface area contributed by atoms with Gasteiger partial charge in [0.1, 0.15) is 0 Å². The first-order valence-corrected chi connectivity index (χ1v) is 10.4. The Morgan fingerprint density at radius 1 is 1.30 bits per heavy atom. The molecule has 1 aliphatic heterocycles. The Morgan fingerprint density at radius 2 is 2.11 bits per heavy atom. The van der Waals surface area contributed by atoms with E-state index in [1.807, 2.05) is 17.9 Å². The summed E-state index contributed by atoms with van der Waals surface area (Å²) < 4.78 is 1.84. The lowest BCUT2D eigenvalue weighted by atomic mass is 9.88. The average molecular weight is 375 g/mol. The number of rotatable bonds is 6. The van der Waals surface area contributed by atoms with Crippen LogP contribution in [0.1, 0.15) is 50.5 Å². The molecule has 1 saturated carbocycles. The van der Waals surface area contributed by atoms with Gasteiger partial charge >= 0.3 is 0 Å². The van der Waals surface area contributed by atoms with Crippen molar-refractivity contribution in [2.75, 3.05) is 26.7 Å². The van der Waals surface area contributed by atoms with Gasteiger partial charge in [0.15, 0.2) is 5.96 Å². The van der Waals surface area contributed by atoms with Crippen LogP contribution < -0.4 is 10.6 Å². The molecular weight excluding hydrogens is 340 g/mol.